The van der Waals surface area contributed by atoms with Gasteiger partial charge in [0.2, 0.25) is 0 Å². The number of nitrogens with zero attached hydrogens (tertiary/aromatic N) is 1. The van der Waals surface area contributed by atoms with E-state index in [-0.39, 0.29) is 30.2 Å². The summed E-state index contributed by atoms with van der Waals surface area (Å²) < 4.78 is 5.29. The van der Waals surface area contributed by atoms with E-state index >= 15 is 0 Å². The molecule has 1 saturated carbocycles. The molecule has 1 heterocycles. The molecular formula is C17H20N2O4. The molecular weight excluding hydrogens is 296 g/mol. The topological polar surface area (TPSA) is 75.7 Å². The Balaban J connectivity index is 1.89. The molecule has 0 spiro atoms. The van der Waals surface area contributed by atoms with Crippen molar-refractivity contribution in [1.82, 2.24) is 10.2 Å². The van der Waals surface area contributed by atoms with Crippen LogP contribution >= 0.6 is 0 Å². The van der Waals surface area contributed by atoms with Gasteiger partial charge in [-0.25, -0.2) is 4.79 Å². The van der Waals surface area contributed by atoms with Crippen LogP contribution in [0.1, 0.15) is 42.6 Å². The minimum atomic E-state index is -0.803. The van der Waals surface area contributed by atoms with Crippen molar-refractivity contribution in [3.8, 4) is 5.75 Å². The lowest BCUT2D eigenvalue weighted by Gasteiger charge is -2.21. The van der Waals surface area contributed by atoms with E-state index in [2.05, 4.69) is 5.32 Å². The van der Waals surface area contributed by atoms with E-state index in [1.54, 1.807) is 25.1 Å². The maximum Gasteiger partial charge on any atom is 0.325 e. The number of ether oxygens (including phenoxy) is 1. The second-order valence-corrected chi connectivity index (χ2v) is 6.38. The second kappa shape index (κ2) is 5.37. The number of carbonyl (C=O) groups is 3. The first-order valence-corrected chi connectivity index (χ1v) is 7.68. The van der Waals surface area contributed by atoms with E-state index in [9.17, 15) is 14.4 Å². The molecule has 1 atom stereocenters. The summed E-state index contributed by atoms with van der Waals surface area (Å²) in [4.78, 5) is 37.7. The molecule has 1 aliphatic carbocycles. The number of methoxy groups -OCH3 is 1. The minimum Gasteiger partial charge on any atom is -0.496 e. The number of hydrogen-bond donors (Lipinski definition) is 1. The maximum atomic E-state index is 12.7. The van der Waals surface area contributed by atoms with E-state index in [0.717, 1.165) is 12.8 Å². The highest BCUT2D eigenvalue weighted by molar-refractivity contribution is 6.07. The molecule has 0 aromatic heterocycles. The molecule has 0 bridgehead atoms. The summed E-state index contributed by atoms with van der Waals surface area (Å²) in [5.74, 6) is 0.485. The van der Waals surface area contributed by atoms with E-state index in [4.69, 9.17) is 4.74 Å². The Labute approximate surface area is 134 Å². The van der Waals surface area contributed by atoms with Gasteiger partial charge < -0.3 is 10.1 Å². The number of urea groups is 1. The fraction of sp³-hybridized carbons (Fsp3) is 0.471. The van der Waals surface area contributed by atoms with Crippen LogP contribution in [-0.2, 0) is 11.3 Å². The van der Waals surface area contributed by atoms with Gasteiger partial charge in [0.1, 0.15) is 11.3 Å². The number of ketones is 1. The summed E-state index contributed by atoms with van der Waals surface area (Å²) in [7, 11) is 1.52. The van der Waals surface area contributed by atoms with Gasteiger partial charge in [0.15, 0.2) is 5.78 Å². The average molecular weight is 316 g/mol. The van der Waals surface area contributed by atoms with Crippen molar-refractivity contribution in [1.29, 1.82) is 0 Å². The average Bonchev–Trinajstić information content (AvgIpc) is 3.33. The smallest absolute Gasteiger partial charge is 0.325 e. The van der Waals surface area contributed by atoms with Crippen molar-refractivity contribution < 1.29 is 19.1 Å². The first-order chi connectivity index (χ1) is 10.9. The Hall–Kier alpha value is -2.37. The monoisotopic (exact) mass is 316 g/mol. The van der Waals surface area contributed by atoms with Crippen molar-refractivity contribution in [2.75, 3.05) is 7.11 Å². The largest absolute Gasteiger partial charge is 0.496 e. The molecule has 0 radical (unpaired) electrons. The van der Waals surface area contributed by atoms with E-state index < -0.39 is 5.54 Å². The van der Waals surface area contributed by atoms with Gasteiger partial charge in [-0.3, -0.25) is 14.5 Å². The van der Waals surface area contributed by atoms with Gasteiger partial charge in [0, 0.05) is 11.1 Å². The van der Waals surface area contributed by atoms with Crippen LogP contribution in [0, 0.1) is 5.92 Å². The summed E-state index contributed by atoms with van der Waals surface area (Å²) in [5, 5.41) is 2.82. The second-order valence-electron chi connectivity index (χ2n) is 6.38. The van der Waals surface area contributed by atoms with E-state index in [1.807, 2.05) is 0 Å². The molecule has 23 heavy (non-hydrogen) atoms. The molecule has 1 N–H and O–H groups in total. The standard InChI is InChI=1S/C17H20N2O4/c1-10(20)11-4-7-14(23-3)12(8-11)9-19-15(21)17(2,13-5-6-13)18-16(19)22/h4,7-8,13H,5-6,9H2,1-3H3,(H,18,22)/t17-/m0/s1. The Bertz CT molecular complexity index is 696. The van der Waals surface area contributed by atoms with Crippen LogP contribution in [0.5, 0.6) is 5.75 Å². The predicted molar refractivity (Wildman–Crippen MR) is 83.2 cm³/mol. The van der Waals surface area contributed by atoms with Gasteiger partial charge in [0.25, 0.3) is 5.91 Å². The van der Waals surface area contributed by atoms with Crippen LogP contribution in [0.4, 0.5) is 4.79 Å². The molecule has 122 valence electrons. The number of rotatable bonds is 5. The number of benzene rings is 1. The van der Waals surface area contributed by atoms with Crippen LogP contribution < -0.4 is 10.1 Å². The third kappa shape index (κ3) is 2.58. The zero-order valence-electron chi connectivity index (χ0n) is 13.5. The molecule has 1 saturated heterocycles. The molecule has 0 unspecified atom stereocenters. The predicted octanol–water partition coefficient (Wildman–Crippen LogP) is 2.12. The highest BCUT2D eigenvalue weighted by Crippen LogP contribution is 2.43. The molecule has 6 heteroatoms. The van der Waals surface area contributed by atoms with Crippen molar-refractivity contribution in [3.63, 3.8) is 0 Å². The van der Waals surface area contributed by atoms with Crippen molar-refractivity contribution in [2.45, 2.75) is 38.8 Å². The molecule has 2 aliphatic rings. The summed E-state index contributed by atoms with van der Waals surface area (Å²) in [5.41, 5.74) is 0.365. The SMILES string of the molecule is COc1ccc(C(C)=O)cc1CN1C(=O)N[C@@](C)(C2CC2)C1=O. The number of hydrogen-bond acceptors (Lipinski definition) is 4. The van der Waals surface area contributed by atoms with E-state index in [1.165, 1.54) is 18.9 Å². The van der Waals surface area contributed by atoms with Gasteiger partial charge in [-0.2, -0.15) is 0 Å². The maximum absolute atomic E-state index is 12.7. The normalized spacial score (nSPS) is 23.9. The van der Waals surface area contributed by atoms with Gasteiger partial charge in [-0.05, 0) is 50.8 Å². The summed E-state index contributed by atoms with van der Waals surface area (Å²) in [6.45, 7) is 3.36. The molecule has 3 amide bonds. The van der Waals surface area contributed by atoms with Crippen LogP contribution in [0.15, 0.2) is 18.2 Å². The molecule has 2 fully saturated rings. The lowest BCUT2D eigenvalue weighted by atomic mass is 9.96. The van der Waals surface area contributed by atoms with E-state index in [0.29, 0.717) is 16.9 Å². The van der Waals surface area contributed by atoms with Crippen molar-refractivity contribution in [3.05, 3.63) is 29.3 Å². The van der Waals surface area contributed by atoms with Gasteiger partial charge in [0.05, 0.1) is 13.7 Å². The zero-order chi connectivity index (χ0) is 16.8. The number of carbonyl (C=O) groups excluding carboxylic acids is 3. The highest BCUT2D eigenvalue weighted by Gasteiger charge is 2.55. The Kier molecular flexibility index (Phi) is 3.62. The van der Waals surface area contributed by atoms with Crippen LogP contribution in [-0.4, -0.2) is 35.3 Å². The quantitative estimate of drug-likeness (QED) is 0.667. The molecule has 6 nitrogen and oxygen atoms in total. The first kappa shape index (κ1) is 15.5. The third-order valence-corrected chi connectivity index (χ3v) is 4.71. The zero-order valence-corrected chi connectivity index (χ0v) is 13.5. The number of Topliss-reactive ketones (excluding diaryl/α,β-unsaturated/α-hetero) is 1. The fourth-order valence-corrected chi connectivity index (χ4v) is 3.09. The Morgan fingerprint density at radius 2 is 2.09 bits per heavy atom. The Morgan fingerprint density at radius 1 is 1.39 bits per heavy atom. The first-order valence-electron chi connectivity index (χ1n) is 7.68. The Morgan fingerprint density at radius 3 is 2.65 bits per heavy atom. The number of nitrogens with one attached hydrogen (secondary N) is 1. The number of amides is 3. The van der Waals surface area contributed by atoms with Gasteiger partial charge in [-0.1, -0.05) is 0 Å². The lowest BCUT2D eigenvalue weighted by Crippen LogP contribution is -2.46. The van der Waals surface area contributed by atoms with Crippen molar-refractivity contribution in [2.24, 2.45) is 5.92 Å². The number of imide groups is 1. The molecule has 3 rings (SSSR count). The summed E-state index contributed by atoms with van der Waals surface area (Å²) >= 11 is 0. The van der Waals surface area contributed by atoms with Crippen LogP contribution in [0.2, 0.25) is 0 Å². The fourth-order valence-electron chi connectivity index (χ4n) is 3.09. The minimum absolute atomic E-state index is 0.0751. The summed E-state index contributed by atoms with van der Waals surface area (Å²) in [6.07, 6.45) is 1.92. The van der Waals surface area contributed by atoms with Gasteiger partial charge >= 0.3 is 6.03 Å². The molecule has 1 aromatic carbocycles. The van der Waals surface area contributed by atoms with Crippen molar-refractivity contribution >= 4 is 17.7 Å². The third-order valence-electron chi connectivity index (χ3n) is 4.71. The van der Waals surface area contributed by atoms with Gasteiger partial charge in [-0.15, -0.1) is 0 Å². The molecule has 1 aliphatic heterocycles. The lowest BCUT2D eigenvalue weighted by molar-refractivity contribution is -0.131. The molecule has 1 aromatic rings. The van der Waals surface area contributed by atoms with Crippen LogP contribution in [0.3, 0.4) is 0 Å². The highest BCUT2D eigenvalue weighted by atomic mass is 16.5. The summed E-state index contributed by atoms with van der Waals surface area (Å²) in [6, 6.07) is 4.64. The van der Waals surface area contributed by atoms with Crippen LogP contribution in [0.25, 0.3) is 0 Å².